The van der Waals surface area contributed by atoms with Crippen LogP contribution in [-0.4, -0.2) is 10.9 Å². The standard InChI is InChI=1S/C16H13N3O2/c17-12-8-9-13(15(18)20)19-16(12)21-14-7-3-5-10-4-1-2-6-11(10)14/h1-9H,17H2,(H2,18,20). The van der Waals surface area contributed by atoms with Gasteiger partial charge in [0.1, 0.15) is 11.4 Å². The van der Waals surface area contributed by atoms with E-state index in [9.17, 15) is 4.79 Å². The maximum absolute atomic E-state index is 11.2. The van der Waals surface area contributed by atoms with Gasteiger partial charge in [-0.2, -0.15) is 0 Å². The topological polar surface area (TPSA) is 91.2 Å². The van der Waals surface area contributed by atoms with Gasteiger partial charge < -0.3 is 16.2 Å². The second-order valence-electron chi connectivity index (χ2n) is 4.53. The van der Waals surface area contributed by atoms with Crippen molar-refractivity contribution in [1.82, 2.24) is 4.98 Å². The molecule has 0 fully saturated rings. The Morgan fingerprint density at radius 1 is 1.00 bits per heavy atom. The molecule has 0 spiro atoms. The third kappa shape index (κ3) is 2.49. The lowest BCUT2D eigenvalue weighted by Gasteiger charge is -2.10. The van der Waals surface area contributed by atoms with Crippen LogP contribution in [0.5, 0.6) is 11.6 Å². The lowest BCUT2D eigenvalue weighted by molar-refractivity contribution is 0.0995. The van der Waals surface area contributed by atoms with Gasteiger partial charge in [0.15, 0.2) is 0 Å². The molecule has 104 valence electrons. The first-order valence-corrected chi connectivity index (χ1v) is 6.37. The molecule has 0 bridgehead atoms. The molecule has 0 radical (unpaired) electrons. The maximum atomic E-state index is 11.2. The smallest absolute Gasteiger partial charge is 0.267 e. The van der Waals surface area contributed by atoms with Crippen LogP contribution >= 0.6 is 0 Å². The Morgan fingerprint density at radius 3 is 2.57 bits per heavy atom. The molecule has 21 heavy (non-hydrogen) atoms. The van der Waals surface area contributed by atoms with E-state index in [0.717, 1.165) is 10.8 Å². The molecule has 4 N–H and O–H groups in total. The molecule has 0 unspecified atom stereocenters. The van der Waals surface area contributed by atoms with E-state index in [1.165, 1.54) is 6.07 Å². The number of carbonyl (C=O) groups is 1. The van der Waals surface area contributed by atoms with E-state index in [1.807, 2.05) is 42.5 Å². The molecule has 1 amide bonds. The number of anilines is 1. The Bertz CT molecular complexity index is 825. The molecule has 0 aliphatic rings. The number of rotatable bonds is 3. The summed E-state index contributed by atoms with van der Waals surface area (Å²) in [5, 5.41) is 1.98. The number of aromatic nitrogens is 1. The summed E-state index contributed by atoms with van der Waals surface area (Å²) >= 11 is 0. The number of amides is 1. The van der Waals surface area contributed by atoms with Gasteiger partial charge in [-0.15, -0.1) is 0 Å². The predicted molar refractivity (Wildman–Crippen MR) is 81.2 cm³/mol. The van der Waals surface area contributed by atoms with Crippen LogP contribution < -0.4 is 16.2 Å². The fourth-order valence-corrected chi connectivity index (χ4v) is 2.06. The number of nitrogens with zero attached hydrogens (tertiary/aromatic N) is 1. The lowest BCUT2D eigenvalue weighted by atomic mass is 10.1. The Kier molecular flexibility index (Phi) is 3.16. The van der Waals surface area contributed by atoms with Gasteiger partial charge in [0.2, 0.25) is 5.88 Å². The zero-order chi connectivity index (χ0) is 14.8. The third-order valence-corrected chi connectivity index (χ3v) is 3.10. The Balaban J connectivity index is 2.06. The van der Waals surface area contributed by atoms with Gasteiger partial charge >= 0.3 is 0 Å². The summed E-state index contributed by atoms with van der Waals surface area (Å²) in [5.74, 6) is 0.161. The van der Waals surface area contributed by atoms with Crippen molar-refractivity contribution in [3.63, 3.8) is 0 Å². The molecular formula is C16H13N3O2. The van der Waals surface area contributed by atoms with Crippen molar-refractivity contribution in [2.24, 2.45) is 5.73 Å². The number of ether oxygens (including phenoxy) is 1. The molecule has 0 saturated heterocycles. The molecular weight excluding hydrogens is 266 g/mol. The number of fused-ring (bicyclic) bond motifs is 1. The molecule has 2 aromatic carbocycles. The van der Waals surface area contributed by atoms with Crippen molar-refractivity contribution in [2.45, 2.75) is 0 Å². The van der Waals surface area contributed by atoms with Crippen molar-refractivity contribution in [1.29, 1.82) is 0 Å². The van der Waals surface area contributed by atoms with Crippen LogP contribution in [0.25, 0.3) is 10.8 Å². The highest BCUT2D eigenvalue weighted by atomic mass is 16.5. The average molecular weight is 279 g/mol. The van der Waals surface area contributed by atoms with Crippen LogP contribution in [0.2, 0.25) is 0 Å². The SMILES string of the molecule is NC(=O)c1ccc(N)c(Oc2cccc3ccccc23)n1. The van der Waals surface area contributed by atoms with E-state index in [-0.39, 0.29) is 11.6 Å². The number of pyridine rings is 1. The van der Waals surface area contributed by atoms with Gasteiger partial charge in [0.05, 0.1) is 5.69 Å². The van der Waals surface area contributed by atoms with E-state index < -0.39 is 5.91 Å². The number of carbonyl (C=O) groups excluding carboxylic acids is 1. The van der Waals surface area contributed by atoms with Gasteiger partial charge in [0.25, 0.3) is 5.91 Å². The number of hydrogen-bond donors (Lipinski definition) is 2. The third-order valence-electron chi connectivity index (χ3n) is 3.10. The highest BCUT2D eigenvalue weighted by Gasteiger charge is 2.10. The number of hydrogen-bond acceptors (Lipinski definition) is 4. The Hall–Kier alpha value is -3.08. The minimum Gasteiger partial charge on any atom is -0.436 e. The molecule has 3 aromatic rings. The zero-order valence-corrected chi connectivity index (χ0v) is 11.1. The summed E-state index contributed by atoms with van der Waals surface area (Å²) in [6, 6.07) is 16.5. The van der Waals surface area contributed by atoms with Crippen molar-refractivity contribution in [3.05, 3.63) is 60.3 Å². The molecule has 5 nitrogen and oxygen atoms in total. The monoisotopic (exact) mass is 279 g/mol. The van der Waals surface area contributed by atoms with Crippen molar-refractivity contribution in [3.8, 4) is 11.6 Å². The minimum atomic E-state index is -0.627. The van der Waals surface area contributed by atoms with Crippen LogP contribution in [0.4, 0.5) is 5.69 Å². The van der Waals surface area contributed by atoms with Crippen LogP contribution in [0.15, 0.2) is 54.6 Å². The zero-order valence-electron chi connectivity index (χ0n) is 11.1. The first-order chi connectivity index (χ1) is 10.1. The fourth-order valence-electron chi connectivity index (χ4n) is 2.06. The van der Waals surface area contributed by atoms with E-state index in [2.05, 4.69) is 4.98 Å². The summed E-state index contributed by atoms with van der Waals surface area (Å²) < 4.78 is 5.77. The largest absolute Gasteiger partial charge is 0.436 e. The van der Waals surface area contributed by atoms with Crippen molar-refractivity contribution >= 4 is 22.4 Å². The van der Waals surface area contributed by atoms with Crippen LogP contribution in [0.3, 0.4) is 0 Å². The van der Waals surface area contributed by atoms with E-state index in [0.29, 0.717) is 11.4 Å². The average Bonchev–Trinajstić information content (AvgIpc) is 2.49. The minimum absolute atomic E-state index is 0.111. The van der Waals surface area contributed by atoms with E-state index in [4.69, 9.17) is 16.2 Å². The van der Waals surface area contributed by atoms with E-state index in [1.54, 1.807) is 6.07 Å². The number of primary amides is 1. The van der Waals surface area contributed by atoms with Gasteiger partial charge in [-0.05, 0) is 23.6 Å². The first-order valence-electron chi connectivity index (χ1n) is 6.37. The van der Waals surface area contributed by atoms with Gasteiger partial charge in [-0.25, -0.2) is 4.98 Å². The summed E-state index contributed by atoms with van der Waals surface area (Å²) in [5.41, 5.74) is 11.5. The van der Waals surface area contributed by atoms with Crippen molar-refractivity contribution < 1.29 is 9.53 Å². The second-order valence-corrected chi connectivity index (χ2v) is 4.53. The highest BCUT2D eigenvalue weighted by molar-refractivity contribution is 5.91. The lowest BCUT2D eigenvalue weighted by Crippen LogP contribution is -2.13. The van der Waals surface area contributed by atoms with Gasteiger partial charge in [-0.3, -0.25) is 4.79 Å². The maximum Gasteiger partial charge on any atom is 0.267 e. The number of nitrogen functional groups attached to an aromatic ring is 1. The summed E-state index contributed by atoms with van der Waals surface area (Å²) in [7, 11) is 0. The van der Waals surface area contributed by atoms with Gasteiger partial charge in [-0.1, -0.05) is 36.4 Å². The molecule has 0 aliphatic carbocycles. The molecule has 0 aliphatic heterocycles. The van der Waals surface area contributed by atoms with Crippen LogP contribution in [0.1, 0.15) is 10.5 Å². The fraction of sp³-hybridized carbons (Fsp3) is 0. The van der Waals surface area contributed by atoms with Crippen molar-refractivity contribution in [2.75, 3.05) is 5.73 Å². The summed E-state index contributed by atoms with van der Waals surface area (Å²) in [4.78, 5) is 15.2. The summed E-state index contributed by atoms with van der Waals surface area (Å²) in [6.45, 7) is 0. The van der Waals surface area contributed by atoms with E-state index >= 15 is 0 Å². The molecule has 5 heteroatoms. The Morgan fingerprint density at radius 2 is 1.76 bits per heavy atom. The quantitative estimate of drug-likeness (QED) is 0.771. The highest BCUT2D eigenvalue weighted by Crippen LogP contribution is 2.31. The summed E-state index contributed by atoms with van der Waals surface area (Å²) in [6.07, 6.45) is 0. The normalized spacial score (nSPS) is 10.5. The number of nitrogens with two attached hydrogens (primary N) is 2. The second kappa shape index (κ2) is 5.13. The number of benzene rings is 2. The Labute approximate surface area is 121 Å². The predicted octanol–water partition coefficient (Wildman–Crippen LogP) is 2.71. The molecule has 0 saturated carbocycles. The van der Waals surface area contributed by atoms with Gasteiger partial charge in [0, 0.05) is 5.39 Å². The van der Waals surface area contributed by atoms with Crippen LogP contribution in [0, 0.1) is 0 Å². The molecule has 1 aromatic heterocycles. The first kappa shape index (κ1) is 12.9. The van der Waals surface area contributed by atoms with Crippen LogP contribution in [-0.2, 0) is 0 Å². The molecule has 1 heterocycles. The molecule has 0 atom stereocenters. The molecule has 3 rings (SSSR count).